The minimum Gasteiger partial charge on any atom is -0.486 e. The van der Waals surface area contributed by atoms with E-state index in [1.807, 2.05) is 32.0 Å². The minimum atomic E-state index is -3.55. The molecule has 0 amide bonds. The summed E-state index contributed by atoms with van der Waals surface area (Å²) in [6.07, 6.45) is 1.02. The van der Waals surface area contributed by atoms with Gasteiger partial charge in [0.1, 0.15) is 18.9 Å². The Kier molecular flexibility index (Phi) is 5.46. The number of anilines is 1. The van der Waals surface area contributed by atoms with Crippen molar-refractivity contribution < 1.29 is 22.8 Å². The van der Waals surface area contributed by atoms with Crippen LogP contribution in [0.4, 0.5) is 11.4 Å². The van der Waals surface area contributed by atoms with E-state index in [0.717, 1.165) is 17.9 Å². The predicted molar refractivity (Wildman–Crippen MR) is 105 cm³/mol. The van der Waals surface area contributed by atoms with Gasteiger partial charge in [0.05, 0.1) is 15.9 Å². The molecule has 1 aliphatic heterocycles. The van der Waals surface area contributed by atoms with Crippen LogP contribution in [0, 0.1) is 16.0 Å². The maximum absolute atomic E-state index is 11.7. The largest absolute Gasteiger partial charge is 0.486 e. The summed E-state index contributed by atoms with van der Waals surface area (Å²) >= 11 is 0. The summed E-state index contributed by atoms with van der Waals surface area (Å²) in [6, 6.07) is 9.21. The van der Waals surface area contributed by atoms with E-state index in [4.69, 9.17) is 9.47 Å². The third kappa shape index (κ3) is 4.19. The van der Waals surface area contributed by atoms with Crippen molar-refractivity contribution in [2.75, 3.05) is 24.8 Å². The summed E-state index contributed by atoms with van der Waals surface area (Å²) in [5.74, 6) is 1.40. The molecule has 0 fully saturated rings. The molecule has 2 aromatic rings. The number of hydrogen-bond acceptors (Lipinski definition) is 7. The first kappa shape index (κ1) is 19.9. The van der Waals surface area contributed by atoms with Gasteiger partial charge in [-0.2, -0.15) is 0 Å². The molecule has 1 unspecified atom stereocenters. The molecule has 0 aromatic heterocycles. The fourth-order valence-electron chi connectivity index (χ4n) is 3.07. The van der Waals surface area contributed by atoms with Gasteiger partial charge >= 0.3 is 0 Å². The summed E-state index contributed by atoms with van der Waals surface area (Å²) < 4.78 is 34.6. The number of nitrogens with one attached hydrogen (secondary N) is 1. The molecule has 9 heteroatoms. The zero-order chi connectivity index (χ0) is 20.5. The first-order chi connectivity index (χ1) is 13.2. The topological polar surface area (TPSA) is 108 Å². The Morgan fingerprint density at radius 1 is 1.07 bits per heavy atom. The van der Waals surface area contributed by atoms with Crippen molar-refractivity contribution in [2.24, 2.45) is 5.92 Å². The van der Waals surface area contributed by atoms with Crippen molar-refractivity contribution in [3.63, 3.8) is 0 Å². The van der Waals surface area contributed by atoms with Crippen LogP contribution in [0.5, 0.6) is 11.5 Å². The summed E-state index contributed by atoms with van der Waals surface area (Å²) in [5.41, 5.74) is 0.859. The van der Waals surface area contributed by atoms with Crippen LogP contribution >= 0.6 is 0 Å². The number of nitro groups is 1. The van der Waals surface area contributed by atoms with Crippen LogP contribution in [0.25, 0.3) is 0 Å². The van der Waals surface area contributed by atoms with Crippen LogP contribution in [-0.4, -0.2) is 32.8 Å². The molecule has 28 heavy (non-hydrogen) atoms. The zero-order valence-corrected chi connectivity index (χ0v) is 16.7. The number of hydrogen-bond donors (Lipinski definition) is 1. The zero-order valence-electron chi connectivity index (χ0n) is 15.8. The van der Waals surface area contributed by atoms with Crippen molar-refractivity contribution in [3.05, 3.63) is 52.1 Å². The standard InChI is InChI=1S/C19H22N2O6S/c1-12(2)19(13-4-7-17-18(10-13)27-9-8-26-17)20-15-6-5-14(28(3,24)25)11-16(15)21(22)23/h4-7,10-12,19-20H,8-9H2,1-3H3. The number of sulfone groups is 1. The smallest absolute Gasteiger partial charge is 0.293 e. The maximum atomic E-state index is 11.7. The van der Waals surface area contributed by atoms with Gasteiger partial charge in [-0.25, -0.2) is 8.42 Å². The number of nitrogens with zero attached hydrogens (tertiary/aromatic N) is 1. The van der Waals surface area contributed by atoms with Gasteiger partial charge in [-0.15, -0.1) is 0 Å². The fraction of sp³-hybridized carbons (Fsp3) is 0.368. The van der Waals surface area contributed by atoms with Crippen molar-refractivity contribution in [2.45, 2.75) is 24.8 Å². The van der Waals surface area contributed by atoms with Crippen molar-refractivity contribution in [1.82, 2.24) is 0 Å². The summed E-state index contributed by atoms with van der Waals surface area (Å²) in [6.45, 7) is 4.95. The van der Waals surface area contributed by atoms with E-state index in [-0.39, 0.29) is 28.2 Å². The fourth-order valence-corrected chi connectivity index (χ4v) is 3.71. The highest BCUT2D eigenvalue weighted by molar-refractivity contribution is 7.90. The van der Waals surface area contributed by atoms with Crippen molar-refractivity contribution in [1.29, 1.82) is 0 Å². The monoisotopic (exact) mass is 406 g/mol. The SMILES string of the molecule is CC(C)C(Nc1ccc(S(C)(=O)=O)cc1[N+](=O)[O-])c1ccc2c(c1)OCCO2. The number of fused-ring (bicyclic) bond motifs is 1. The number of rotatable bonds is 6. The van der Waals surface area contributed by atoms with Gasteiger partial charge in [-0.05, 0) is 35.7 Å². The van der Waals surface area contributed by atoms with E-state index in [2.05, 4.69) is 5.32 Å². The normalized spacial score (nSPS) is 14.6. The molecule has 0 saturated heterocycles. The Balaban J connectivity index is 1.98. The Morgan fingerprint density at radius 2 is 1.75 bits per heavy atom. The first-order valence-corrected chi connectivity index (χ1v) is 10.7. The van der Waals surface area contributed by atoms with Gasteiger partial charge in [0.2, 0.25) is 0 Å². The Hall–Kier alpha value is -2.81. The van der Waals surface area contributed by atoms with Gasteiger partial charge in [-0.1, -0.05) is 19.9 Å². The first-order valence-electron chi connectivity index (χ1n) is 8.81. The maximum Gasteiger partial charge on any atom is 0.293 e. The lowest BCUT2D eigenvalue weighted by molar-refractivity contribution is -0.384. The molecule has 8 nitrogen and oxygen atoms in total. The second kappa shape index (κ2) is 7.67. The molecule has 0 saturated carbocycles. The van der Waals surface area contributed by atoms with Crippen LogP contribution in [0.1, 0.15) is 25.5 Å². The average Bonchev–Trinajstić information content (AvgIpc) is 2.64. The van der Waals surface area contributed by atoms with Crippen LogP contribution in [0.3, 0.4) is 0 Å². The summed E-state index contributed by atoms with van der Waals surface area (Å²) in [5, 5.41) is 14.7. The van der Waals surface area contributed by atoms with E-state index in [1.54, 1.807) is 0 Å². The summed E-state index contributed by atoms with van der Waals surface area (Å²) in [7, 11) is -3.55. The van der Waals surface area contributed by atoms with Gasteiger partial charge in [0.25, 0.3) is 5.69 Å². The Morgan fingerprint density at radius 3 is 2.36 bits per heavy atom. The quantitative estimate of drug-likeness (QED) is 0.577. The molecule has 3 rings (SSSR count). The molecular formula is C19H22N2O6S. The van der Waals surface area contributed by atoms with Crippen molar-refractivity contribution in [3.8, 4) is 11.5 Å². The molecule has 0 spiro atoms. The number of nitro benzene ring substituents is 1. The Labute approximate surface area is 163 Å². The second-order valence-electron chi connectivity index (χ2n) is 6.98. The molecular weight excluding hydrogens is 384 g/mol. The van der Waals surface area contributed by atoms with E-state index in [9.17, 15) is 18.5 Å². The lowest BCUT2D eigenvalue weighted by atomic mass is 9.95. The van der Waals surface area contributed by atoms with Crippen LogP contribution in [0.2, 0.25) is 0 Å². The number of benzene rings is 2. The molecule has 1 atom stereocenters. The van der Waals surface area contributed by atoms with Gasteiger partial charge in [0, 0.05) is 12.3 Å². The van der Waals surface area contributed by atoms with Gasteiger partial charge < -0.3 is 14.8 Å². The average molecular weight is 406 g/mol. The van der Waals surface area contributed by atoms with E-state index >= 15 is 0 Å². The molecule has 1 aliphatic rings. The Bertz CT molecular complexity index is 1000. The molecule has 1 heterocycles. The molecule has 0 aliphatic carbocycles. The van der Waals surface area contributed by atoms with Crippen LogP contribution in [0.15, 0.2) is 41.3 Å². The molecule has 150 valence electrons. The van der Waals surface area contributed by atoms with Crippen molar-refractivity contribution >= 4 is 21.2 Å². The third-order valence-corrected chi connectivity index (χ3v) is 5.61. The summed E-state index contributed by atoms with van der Waals surface area (Å²) in [4.78, 5) is 10.8. The van der Waals surface area contributed by atoms with E-state index < -0.39 is 14.8 Å². The lowest BCUT2D eigenvalue weighted by Gasteiger charge is -2.26. The molecule has 0 radical (unpaired) electrons. The third-order valence-electron chi connectivity index (χ3n) is 4.50. The predicted octanol–water partition coefficient (Wildman–Crippen LogP) is 3.58. The van der Waals surface area contributed by atoms with Gasteiger partial charge in [0.15, 0.2) is 21.3 Å². The highest BCUT2D eigenvalue weighted by atomic mass is 32.2. The van der Waals surface area contributed by atoms with E-state index in [1.165, 1.54) is 12.1 Å². The van der Waals surface area contributed by atoms with E-state index in [0.29, 0.717) is 24.7 Å². The second-order valence-corrected chi connectivity index (χ2v) is 8.99. The lowest BCUT2D eigenvalue weighted by Crippen LogP contribution is -2.19. The highest BCUT2D eigenvalue weighted by Crippen LogP contribution is 2.37. The molecule has 1 N–H and O–H groups in total. The van der Waals surface area contributed by atoms with Gasteiger partial charge in [-0.3, -0.25) is 10.1 Å². The van der Waals surface area contributed by atoms with Crippen LogP contribution in [-0.2, 0) is 9.84 Å². The molecule has 2 aromatic carbocycles. The number of ether oxygens (including phenoxy) is 2. The highest BCUT2D eigenvalue weighted by Gasteiger charge is 2.24. The van der Waals surface area contributed by atoms with Crippen LogP contribution < -0.4 is 14.8 Å². The molecule has 0 bridgehead atoms. The minimum absolute atomic E-state index is 0.0924.